The van der Waals surface area contributed by atoms with Crippen LogP contribution in [0.15, 0.2) is 47.2 Å². The minimum Gasteiger partial charge on any atom is -0.361 e. The third-order valence-electron chi connectivity index (χ3n) is 4.75. The average molecular weight is 456 g/mol. The van der Waals surface area contributed by atoms with Crippen LogP contribution in [0.25, 0.3) is 0 Å². The summed E-state index contributed by atoms with van der Waals surface area (Å²) in [6.07, 6.45) is 3.06. The standard InChI is InChI=1S/C20H18ClN7O4/c1-12-3-5-14(6-4-12)9-27-11-16(21)19(24-27)22-20(29)18-15(13(2)32-25-18)10-26-8-7-17(23-26)28(30)31/h3-8,11H,9-10H2,1-2H3,(H,22,24,29). The van der Waals surface area contributed by atoms with Gasteiger partial charge in [-0.05, 0) is 24.3 Å². The highest BCUT2D eigenvalue weighted by molar-refractivity contribution is 6.33. The summed E-state index contributed by atoms with van der Waals surface area (Å²) >= 11 is 6.26. The first-order chi connectivity index (χ1) is 15.3. The molecule has 0 saturated carbocycles. The van der Waals surface area contributed by atoms with Gasteiger partial charge in [0.05, 0.1) is 36.0 Å². The van der Waals surface area contributed by atoms with E-state index >= 15 is 0 Å². The molecule has 1 amide bonds. The van der Waals surface area contributed by atoms with Gasteiger partial charge in [0, 0.05) is 6.20 Å². The molecule has 0 aliphatic heterocycles. The summed E-state index contributed by atoms with van der Waals surface area (Å²) in [5.74, 6) is -0.286. The quantitative estimate of drug-likeness (QED) is 0.332. The second-order valence-electron chi connectivity index (χ2n) is 7.16. The highest BCUT2D eigenvalue weighted by atomic mass is 35.5. The van der Waals surface area contributed by atoms with E-state index < -0.39 is 10.8 Å². The van der Waals surface area contributed by atoms with E-state index in [9.17, 15) is 14.9 Å². The zero-order valence-corrected chi connectivity index (χ0v) is 17.9. The number of rotatable bonds is 7. The molecule has 0 atom stereocenters. The molecular weight excluding hydrogens is 438 g/mol. The second kappa shape index (κ2) is 8.63. The minimum absolute atomic E-state index is 0.0183. The summed E-state index contributed by atoms with van der Waals surface area (Å²) < 4.78 is 8.12. The lowest BCUT2D eigenvalue weighted by Crippen LogP contribution is -2.17. The van der Waals surface area contributed by atoms with Gasteiger partial charge in [-0.3, -0.25) is 9.48 Å². The topological polar surface area (TPSA) is 134 Å². The van der Waals surface area contributed by atoms with E-state index in [0.29, 0.717) is 17.9 Å². The average Bonchev–Trinajstić information content (AvgIpc) is 3.45. The van der Waals surface area contributed by atoms with Gasteiger partial charge in [-0.2, -0.15) is 9.78 Å². The van der Waals surface area contributed by atoms with Gasteiger partial charge in [-0.15, -0.1) is 0 Å². The molecule has 3 aromatic heterocycles. The Morgan fingerprint density at radius 3 is 2.59 bits per heavy atom. The fraction of sp³-hybridized carbons (Fsp3) is 0.200. The largest absolute Gasteiger partial charge is 0.389 e. The number of carbonyl (C=O) groups is 1. The fourth-order valence-corrected chi connectivity index (χ4v) is 3.26. The molecule has 32 heavy (non-hydrogen) atoms. The lowest BCUT2D eigenvalue weighted by molar-refractivity contribution is -0.389. The molecule has 3 heterocycles. The summed E-state index contributed by atoms with van der Waals surface area (Å²) in [4.78, 5) is 23.1. The van der Waals surface area contributed by atoms with Crippen LogP contribution in [0.5, 0.6) is 0 Å². The molecule has 12 heteroatoms. The molecule has 164 valence electrons. The number of hydrogen-bond donors (Lipinski definition) is 1. The van der Waals surface area contributed by atoms with Gasteiger partial charge < -0.3 is 20.0 Å². The molecule has 0 fully saturated rings. The van der Waals surface area contributed by atoms with Gasteiger partial charge >= 0.3 is 5.82 Å². The third kappa shape index (κ3) is 4.52. The van der Waals surface area contributed by atoms with Crippen molar-refractivity contribution in [2.24, 2.45) is 0 Å². The molecule has 1 aromatic carbocycles. The zero-order valence-electron chi connectivity index (χ0n) is 17.1. The van der Waals surface area contributed by atoms with Crippen molar-refractivity contribution in [1.82, 2.24) is 24.7 Å². The van der Waals surface area contributed by atoms with Crippen LogP contribution in [0.1, 0.15) is 32.9 Å². The summed E-state index contributed by atoms with van der Waals surface area (Å²) in [7, 11) is 0. The van der Waals surface area contributed by atoms with Crippen LogP contribution in [0, 0.1) is 24.0 Å². The number of benzene rings is 1. The number of nitro groups is 1. The van der Waals surface area contributed by atoms with Crippen molar-refractivity contribution in [2.75, 3.05) is 5.32 Å². The first-order valence-electron chi connectivity index (χ1n) is 9.53. The SMILES string of the molecule is Cc1ccc(Cn2cc(Cl)c(NC(=O)c3noc(C)c3Cn3ccc([N+](=O)[O-])n3)n2)cc1. The number of aryl methyl sites for hydroxylation is 2. The summed E-state index contributed by atoms with van der Waals surface area (Å²) in [6.45, 7) is 4.21. The van der Waals surface area contributed by atoms with Crippen LogP contribution in [-0.2, 0) is 13.1 Å². The molecule has 0 unspecified atom stereocenters. The summed E-state index contributed by atoms with van der Waals surface area (Å²) in [5.41, 5.74) is 2.65. The number of nitrogens with zero attached hydrogens (tertiary/aromatic N) is 6. The van der Waals surface area contributed by atoms with Crippen molar-refractivity contribution in [3.8, 4) is 0 Å². The van der Waals surface area contributed by atoms with Gasteiger partial charge in [-0.25, -0.2) is 0 Å². The molecule has 0 radical (unpaired) electrons. The van der Waals surface area contributed by atoms with E-state index in [4.69, 9.17) is 16.1 Å². The monoisotopic (exact) mass is 455 g/mol. The van der Waals surface area contributed by atoms with E-state index in [2.05, 4.69) is 20.7 Å². The van der Waals surface area contributed by atoms with Gasteiger partial charge in [0.15, 0.2) is 11.5 Å². The molecule has 1 N–H and O–H groups in total. The number of anilines is 1. The Bertz CT molecular complexity index is 1290. The normalized spacial score (nSPS) is 11.0. The van der Waals surface area contributed by atoms with Crippen LogP contribution < -0.4 is 5.32 Å². The number of halogens is 1. The van der Waals surface area contributed by atoms with Crippen molar-refractivity contribution < 1.29 is 14.2 Å². The van der Waals surface area contributed by atoms with Crippen molar-refractivity contribution in [3.63, 3.8) is 0 Å². The predicted molar refractivity (Wildman–Crippen MR) is 115 cm³/mol. The van der Waals surface area contributed by atoms with Gasteiger partial charge in [0.1, 0.15) is 10.8 Å². The Balaban J connectivity index is 1.50. The van der Waals surface area contributed by atoms with Crippen LogP contribution in [0.2, 0.25) is 5.02 Å². The van der Waals surface area contributed by atoms with Crippen LogP contribution in [0.3, 0.4) is 0 Å². The highest BCUT2D eigenvalue weighted by Gasteiger charge is 2.23. The van der Waals surface area contributed by atoms with E-state index in [1.165, 1.54) is 16.9 Å². The minimum atomic E-state index is -0.598. The lowest BCUT2D eigenvalue weighted by atomic mass is 10.1. The molecule has 4 rings (SSSR count). The van der Waals surface area contributed by atoms with Gasteiger partial charge in [0.2, 0.25) is 0 Å². The molecule has 0 spiro atoms. The van der Waals surface area contributed by atoms with Crippen LogP contribution >= 0.6 is 11.6 Å². The summed E-state index contributed by atoms with van der Waals surface area (Å²) in [5, 5.41) is 25.8. The molecule has 0 aliphatic carbocycles. The Labute approximate surface area is 186 Å². The van der Waals surface area contributed by atoms with Crippen molar-refractivity contribution in [1.29, 1.82) is 0 Å². The number of amides is 1. The Morgan fingerprint density at radius 1 is 1.16 bits per heavy atom. The maximum Gasteiger partial charge on any atom is 0.389 e. The molecular formula is C20H18ClN7O4. The zero-order chi connectivity index (χ0) is 22.8. The molecule has 4 aromatic rings. The number of carbonyl (C=O) groups excluding carboxylic acids is 1. The lowest BCUT2D eigenvalue weighted by Gasteiger charge is -2.03. The Morgan fingerprint density at radius 2 is 1.91 bits per heavy atom. The van der Waals surface area contributed by atoms with Gasteiger partial charge in [0.25, 0.3) is 5.91 Å². The first kappa shape index (κ1) is 21.2. The first-order valence-corrected chi connectivity index (χ1v) is 9.91. The molecule has 0 saturated heterocycles. The highest BCUT2D eigenvalue weighted by Crippen LogP contribution is 2.23. The van der Waals surface area contributed by atoms with Crippen LogP contribution in [-0.4, -0.2) is 35.5 Å². The van der Waals surface area contributed by atoms with Crippen molar-refractivity contribution >= 4 is 29.1 Å². The number of nitrogens with one attached hydrogen (secondary N) is 1. The predicted octanol–water partition coefficient (Wildman–Crippen LogP) is 3.59. The second-order valence-corrected chi connectivity index (χ2v) is 7.56. The van der Waals surface area contributed by atoms with Crippen LogP contribution in [0.4, 0.5) is 11.6 Å². The Hall–Kier alpha value is -3.99. The molecule has 11 nitrogen and oxygen atoms in total. The third-order valence-corrected chi connectivity index (χ3v) is 5.02. The molecule has 0 aliphatic rings. The van der Waals surface area contributed by atoms with E-state index in [1.54, 1.807) is 17.8 Å². The Kier molecular flexibility index (Phi) is 5.73. The maximum atomic E-state index is 12.8. The number of aromatic nitrogens is 5. The maximum absolute atomic E-state index is 12.8. The van der Waals surface area contributed by atoms with Crippen molar-refractivity contribution in [2.45, 2.75) is 26.9 Å². The van der Waals surface area contributed by atoms with E-state index in [-0.39, 0.29) is 28.9 Å². The summed E-state index contributed by atoms with van der Waals surface area (Å²) in [6, 6.07) is 9.26. The molecule has 0 bridgehead atoms. The van der Waals surface area contributed by atoms with Crippen molar-refractivity contribution in [3.05, 3.63) is 86.0 Å². The van der Waals surface area contributed by atoms with Gasteiger partial charge in [-0.1, -0.05) is 46.6 Å². The smallest absolute Gasteiger partial charge is 0.361 e. The fourth-order valence-electron chi connectivity index (χ4n) is 3.06. The van der Waals surface area contributed by atoms with E-state index in [0.717, 1.165) is 11.1 Å². The number of hydrogen-bond acceptors (Lipinski definition) is 7. The van der Waals surface area contributed by atoms with E-state index in [1.807, 2.05) is 31.2 Å².